The molecule has 6 heteroatoms. The summed E-state index contributed by atoms with van der Waals surface area (Å²) >= 11 is 1.65. The maximum atomic E-state index is 11.9. The summed E-state index contributed by atoms with van der Waals surface area (Å²) in [5.74, 6) is 0.387. The van der Waals surface area contributed by atoms with Crippen molar-refractivity contribution in [3.05, 3.63) is 65.2 Å². The lowest BCUT2D eigenvalue weighted by atomic mass is 9.85. The highest BCUT2D eigenvalue weighted by Crippen LogP contribution is 2.39. The second-order valence-corrected chi connectivity index (χ2v) is 8.19. The molecule has 29 heavy (non-hydrogen) atoms. The number of anilines is 1. The van der Waals surface area contributed by atoms with Crippen LogP contribution in [0.2, 0.25) is 0 Å². The number of aromatic nitrogens is 1. The molecule has 2 N–H and O–H groups in total. The summed E-state index contributed by atoms with van der Waals surface area (Å²) in [6, 6.07) is 16.3. The van der Waals surface area contributed by atoms with E-state index in [-0.39, 0.29) is 17.9 Å². The third-order valence-corrected chi connectivity index (χ3v) is 6.31. The highest BCUT2D eigenvalue weighted by atomic mass is 32.1. The number of nitrogens with two attached hydrogens (primary N) is 1. The van der Waals surface area contributed by atoms with Crippen LogP contribution < -0.4 is 15.4 Å². The Morgan fingerprint density at radius 3 is 2.72 bits per heavy atom. The van der Waals surface area contributed by atoms with E-state index in [0.717, 1.165) is 39.7 Å². The predicted octanol–water partition coefficient (Wildman–Crippen LogP) is 4.58. The number of carbonyl (C=O) groups is 1. The van der Waals surface area contributed by atoms with Crippen molar-refractivity contribution in [3.8, 4) is 16.3 Å². The molecule has 2 heterocycles. The Bertz CT molecular complexity index is 999. The Labute approximate surface area is 175 Å². The zero-order valence-corrected chi connectivity index (χ0v) is 17.5. The quantitative estimate of drug-likeness (QED) is 0.650. The van der Waals surface area contributed by atoms with Crippen molar-refractivity contribution in [2.45, 2.75) is 38.8 Å². The summed E-state index contributed by atoms with van der Waals surface area (Å²) in [4.78, 5) is 19.1. The molecular formula is C23H25N3O2S. The summed E-state index contributed by atoms with van der Waals surface area (Å²) < 4.78 is 5.52. The van der Waals surface area contributed by atoms with E-state index < -0.39 is 0 Å². The van der Waals surface area contributed by atoms with E-state index in [1.807, 2.05) is 49.4 Å². The monoisotopic (exact) mass is 407 g/mol. The molecule has 0 radical (unpaired) electrons. The van der Waals surface area contributed by atoms with E-state index in [0.29, 0.717) is 13.2 Å². The van der Waals surface area contributed by atoms with Crippen LogP contribution in [0.25, 0.3) is 10.6 Å². The lowest BCUT2D eigenvalue weighted by Gasteiger charge is -2.39. The van der Waals surface area contributed by atoms with Crippen LogP contribution in [0.4, 0.5) is 5.69 Å². The lowest BCUT2D eigenvalue weighted by Crippen LogP contribution is -2.41. The average molecular weight is 408 g/mol. The number of para-hydroxylation sites is 1. The molecule has 1 aromatic heterocycles. The maximum absolute atomic E-state index is 11.9. The number of carbonyl (C=O) groups excluding carboxylic acids is 1. The molecule has 0 saturated heterocycles. The van der Waals surface area contributed by atoms with Crippen molar-refractivity contribution in [2.75, 3.05) is 11.5 Å². The van der Waals surface area contributed by atoms with Crippen molar-refractivity contribution in [3.63, 3.8) is 0 Å². The van der Waals surface area contributed by atoms with Gasteiger partial charge in [-0.1, -0.05) is 18.2 Å². The molecule has 2 aromatic carbocycles. The first-order chi connectivity index (χ1) is 14.1. The van der Waals surface area contributed by atoms with Gasteiger partial charge in [-0.2, -0.15) is 0 Å². The Balaban J connectivity index is 1.56. The SMILES string of the molecule is CCOc1ccc(-c2nc(CN3c4ccccc4[C@H](C(N)=O)C[C@@H]3C)cs2)cc1. The Morgan fingerprint density at radius 2 is 2.00 bits per heavy atom. The molecule has 0 unspecified atom stereocenters. The number of hydrogen-bond donors (Lipinski definition) is 1. The third kappa shape index (κ3) is 3.98. The summed E-state index contributed by atoms with van der Waals surface area (Å²) in [6.45, 7) is 5.49. The largest absolute Gasteiger partial charge is 0.494 e. The summed E-state index contributed by atoms with van der Waals surface area (Å²) in [5.41, 5.74) is 9.87. The molecule has 5 nitrogen and oxygen atoms in total. The van der Waals surface area contributed by atoms with Crippen LogP contribution in [-0.4, -0.2) is 23.5 Å². The van der Waals surface area contributed by atoms with E-state index >= 15 is 0 Å². The zero-order valence-electron chi connectivity index (χ0n) is 16.7. The zero-order chi connectivity index (χ0) is 20.4. The van der Waals surface area contributed by atoms with Crippen molar-refractivity contribution < 1.29 is 9.53 Å². The van der Waals surface area contributed by atoms with Gasteiger partial charge in [0.05, 0.1) is 24.8 Å². The highest BCUT2D eigenvalue weighted by Gasteiger charge is 2.33. The molecule has 1 amide bonds. The van der Waals surface area contributed by atoms with E-state index in [1.54, 1.807) is 11.3 Å². The Morgan fingerprint density at radius 1 is 1.24 bits per heavy atom. The molecule has 3 aromatic rings. The van der Waals surface area contributed by atoms with Gasteiger partial charge in [-0.25, -0.2) is 4.98 Å². The van der Waals surface area contributed by atoms with E-state index in [1.165, 1.54) is 0 Å². The number of hydrogen-bond acceptors (Lipinski definition) is 5. The van der Waals surface area contributed by atoms with Crippen molar-refractivity contribution >= 4 is 22.9 Å². The van der Waals surface area contributed by atoms with Gasteiger partial charge < -0.3 is 15.4 Å². The minimum Gasteiger partial charge on any atom is -0.494 e. The van der Waals surface area contributed by atoms with Crippen LogP contribution in [0.3, 0.4) is 0 Å². The smallest absolute Gasteiger partial charge is 0.225 e. The van der Waals surface area contributed by atoms with Crippen LogP contribution in [0.5, 0.6) is 5.75 Å². The van der Waals surface area contributed by atoms with Gasteiger partial charge in [0.25, 0.3) is 0 Å². The standard InChI is InChI=1S/C23H25N3O2S/c1-3-28-18-10-8-16(9-11-18)23-25-17(14-29-23)13-26-15(2)12-20(22(24)27)19-6-4-5-7-21(19)26/h4-11,14-15,20H,3,12-13H2,1-2H3,(H2,24,27)/t15-,20+/m0/s1. The molecule has 0 bridgehead atoms. The van der Waals surface area contributed by atoms with Crippen molar-refractivity contribution in [2.24, 2.45) is 5.73 Å². The first-order valence-electron chi connectivity index (χ1n) is 9.89. The topological polar surface area (TPSA) is 68.4 Å². The normalized spacial score (nSPS) is 18.3. The fourth-order valence-electron chi connectivity index (χ4n) is 3.93. The number of fused-ring (bicyclic) bond motifs is 1. The van der Waals surface area contributed by atoms with Gasteiger partial charge in [-0.05, 0) is 56.2 Å². The number of benzene rings is 2. The number of ether oxygens (including phenoxy) is 1. The fraction of sp³-hybridized carbons (Fsp3) is 0.304. The maximum Gasteiger partial charge on any atom is 0.225 e. The second kappa shape index (κ2) is 8.25. The molecule has 0 fully saturated rings. The summed E-state index contributed by atoms with van der Waals surface area (Å²) in [7, 11) is 0. The van der Waals surface area contributed by atoms with Crippen LogP contribution >= 0.6 is 11.3 Å². The fourth-order valence-corrected chi connectivity index (χ4v) is 4.75. The minimum absolute atomic E-state index is 0.207. The second-order valence-electron chi connectivity index (χ2n) is 7.33. The Kier molecular flexibility index (Phi) is 5.53. The predicted molar refractivity (Wildman–Crippen MR) is 117 cm³/mol. The summed E-state index contributed by atoms with van der Waals surface area (Å²) in [6.07, 6.45) is 0.724. The number of rotatable bonds is 6. The van der Waals surface area contributed by atoms with Crippen LogP contribution in [0, 0.1) is 0 Å². The number of thiazole rings is 1. The minimum atomic E-state index is -0.254. The van der Waals surface area contributed by atoms with Gasteiger partial charge in [0.15, 0.2) is 0 Å². The number of nitrogens with zero attached hydrogens (tertiary/aromatic N) is 2. The van der Waals surface area contributed by atoms with E-state index in [9.17, 15) is 4.79 Å². The molecule has 150 valence electrons. The van der Waals surface area contributed by atoms with Gasteiger partial charge >= 0.3 is 0 Å². The lowest BCUT2D eigenvalue weighted by molar-refractivity contribution is -0.119. The molecule has 1 aliphatic heterocycles. The molecule has 4 rings (SSSR count). The van der Waals surface area contributed by atoms with Gasteiger partial charge in [0, 0.05) is 22.7 Å². The molecule has 0 spiro atoms. The molecule has 0 aliphatic carbocycles. The number of amides is 1. The highest BCUT2D eigenvalue weighted by molar-refractivity contribution is 7.13. The van der Waals surface area contributed by atoms with Gasteiger partial charge in [0.2, 0.25) is 5.91 Å². The van der Waals surface area contributed by atoms with Gasteiger partial charge in [0.1, 0.15) is 10.8 Å². The average Bonchev–Trinajstić information content (AvgIpc) is 3.19. The molecule has 1 aliphatic rings. The van der Waals surface area contributed by atoms with E-state index in [4.69, 9.17) is 15.5 Å². The van der Waals surface area contributed by atoms with Crippen molar-refractivity contribution in [1.82, 2.24) is 4.98 Å². The van der Waals surface area contributed by atoms with Crippen LogP contribution in [0.1, 0.15) is 37.4 Å². The van der Waals surface area contributed by atoms with Crippen LogP contribution in [0.15, 0.2) is 53.9 Å². The number of primary amides is 1. The molecular weight excluding hydrogens is 382 g/mol. The van der Waals surface area contributed by atoms with E-state index in [2.05, 4.69) is 23.3 Å². The van der Waals surface area contributed by atoms with Crippen LogP contribution in [-0.2, 0) is 11.3 Å². The molecule has 0 saturated carbocycles. The summed E-state index contributed by atoms with van der Waals surface area (Å²) in [5, 5.41) is 3.11. The first kappa shape index (κ1) is 19.5. The third-order valence-electron chi connectivity index (χ3n) is 5.37. The van der Waals surface area contributed by atoms with Crippen molar-refractivity contribution in [1.29, 1.82) is 0 Å². The molecule has 2 atom stereocenters. The van der Waals surface area contributed by atoms with Gasteiger partial charge in [-0.15, -0.1) is 11.3 Å². The first-order valence-corrected chi connectivity index (χ1v) is 10.8. The van der Waals surface area contributed by atoms with Gasteiger partial charge in [-0.3, -0.25) is 4.79 Å². The Hall–Kier alpha value is -2.86.